The molecule has 1 aromatic rings. The van der Waals surface area contributed by atoms with Crippen molar-refractivity contribution in [3.63, 3.8) is 0 Å². The first-order valence-electron chi connectivity index (χ1n) is 8.12. The summed E-state index contributed by atoms with van der Waals surface area (Å²) in [7, 11) is 0. The molecule has 0 unspecified atom stereocenters. The van der Waals surface area contributed by atoms with E-state index in [-0.39, 0.29) is 36.4 Å². The zero-order valence-corrected chi connectivity index (χ0v) is 13.2. The Balaban J connectivity index is 1.75. The number of esters is 1. The SMILES string of the molecule is CC(=O)OC[C@H]1[C@@H](Cc2ccccc2CC(=O)O)[C@@H]2CC[C@H]1O2. The molecule has 5 heteroatoms. The molecule has 1 N–H and O–H groups in total. The zero-order chi connectivity index (χ0) is 16.4. The smallest absolute Gasteiger partial charge is 0.307 e. The van der Waals surface area contributed by atoms with Crippen LogP contribution in [0, 0.1) is 11.8 Å². The van der Waals surface area contributed by atoms with Gasteiger partial charge in [0.25, 0.3) is 0 Å². The van der Waals surface area contributed by atoms with E-state index in [9.17, 15) is 9.59 Å². The van der Waals surface area contributed by atoms with Crippen LogP contribution in [0.15, 0.2) is 24.3 Å². The molecule has 5 nitrogen and oxygen atoms in total. The maximum Gasteiger partial charge on any atom is 0.307 e. The first-order chi connectivity index (χ1) is 11.0. The number of rotatable bonds is 6. The predicted molar refractivity (Wildman–Crippen MR) is 83.0 cm³/mol. The third kappa shape index (κ3) is 3.55. The summed E-state index contributed by atoms with van der Waals surface area (Å²) in [6.07, 6.45) is 3.22. The van der Waals surface area contributed by atoms with Crippen molar-refractivity contribution in [1.29, 1.82) is 0 Å². The summed E-state index contributed by atoms with van der Waals surface area (Å²) in [5.41, 5.74) is 1.91. The highest BCUT2D eigenvalue weighted by Gasteiger charge is 2.49. The zero-order valence-electron chi connectivity index (χ0n) is 13.2. The van der Waals surface area contributed by atoms with Gasteiger partial charge in [-0.3, -0.25) is 9.59 Å². The van der Waals surface area contributed by atoms with E-state index < -0.39 is 5.97 Å². The minimum Gasteiger partial charge on any atom is -0.481 e. The molecule has 2 aliphatic rings. The van der Waals surface area contributed by atoms with Crippen LogP contribution >= 0.6 is 0 Å². The summed E-state index contributed by atoms with van der Waals surface area (Å²) < 4.78 is 11.2. The van der Waals surface area contributed by atoms with Crippen LogP contribution in [0.3, 0.4) is 0 Å². The standard InChI is InChI=1S/C18H22O5/c1-11(19)22-10-15-14(16-6-7-17(15)23-16)8-12-4-2-3-5-13(12)9-18(20)21/h2-5,14-17H,6-10H2,1H3,(H,20,21)/t14-,15+,16+,17-/m1/s1. The van der Waals surface area contributed by atoms with Crippen molar-refractivity contribution in [3.8, 4) is 0 Å². The fourth-order valence-electron chi connectivity index (χ4n) is 3.94. The first-order valence-corrected chi connectivity index (χ1v) is 8.12. The average Bonchev–Trinajstić information content (AvgIpc) is 3.08. The summed E-state index contributed by atoms with van der Waals surface area (Å²) in [5, 5.41) is 9.07. The molecule has 0 saturated carbocycles. The highest BCUT2D eigenvalue weighted by molar-refractivity contribution is 5.70. The Hall–Kier alpha value is -1.88. The molecule has 2 aliphatic heterocycles. The first kappa shape index (κ1) is 16.0. The van der Waals surface area contributed by atoms with Crippen molar-refractivity contribution in [2.45, 2.75) is 44.8 Å². The molecule has 0 aliphatic carbocycles. The van der Waals surface area contributed by atoms with Gasteiger partial charge >= 0.3 is 11.9 Å². The van der Waals surface area contributed by atoms with E-state index in [2.05, 4.69) is 0 Å². The monoisotopic (exact) mass is 318 g/mol. The maximum absolute atomic E-state index is 11.1. The largest absolute Gasteiger partial charge is 0.481 e. The molecule has 2 fully saturated rings. The summed E-state index contributed by atoms with van der Waals surface area (Å²) >= 11 is 0. The lowest BCUT2D eigenvalue weighted by molar-refractivity contribution is -0.143. The Bertz CT molecular complexity index is 597. The number of benzene rings is 1. The minimum absolute atomic E-state index is 0.0342. The second kappa shape index (κ2) is 6.71. The molecular weight excluding hydrogens is 296 g/mol. The van der Waals surface area contributed by atoms with Gasteiger partial charge < -0.3 is 14.6 Å². The molecule has 4 atom stereocenters. The third-order valence-electron chi connectivity index (χ3n) is 4.99. The molecule has 0 spiro atoms. The molecule has 0 amide bonds. The lowest BCUT2D eigenvalue weighted by Gasteiger charge is -2.28. The van der Waals surface area contributed by atoms with Gasteiger partial charge in [0.05, 0.1) is 25.2 Å². The van der Waals surface area contributed by atoms with E-state index in [1.54, 1.807) is 0 Å². The molecule has 124 valence electrons. The maximum atomic E-state index is 11.1. The van der Waals surface area contributed by atoms with Crippen molar-refractivity contribution in [3.05, 3.63) is 35.4 Å². The van der Waals surface area contributed by atoms with Gasteiger partial charge in [0.1, 0.15) is 0 Å². The number of carbonyl (C=O) groups excluding carboxylic acids is 1. The summed E-state index contributed by atoms with van der Waals surface area (Å²) in [6, 6.07) is 7.68. The molecule has 1 aromatic carbocycles. The van der Waals surface area contributed by atoms with Gasteiger partial charge in [0.15, 0.2) is 0 Å². The van der Waals surface area contributed by atoms with Gasteiger partial charge in [-0.25, -0.2) is 0 Å². The molecule has 0 aromatic heterocycles. The summed E-state index contributed by atoms with van der Waals surface area (Å²) in [4.78, 5) is 22.2. The molecule has 0 radical (unpaired) electrons. The molecule has 2 heterocycles. The highest BCUT2D eigenvalue weighted by atomic mass is 16.5. The predicted octanol–water partition coefficient (Wildman–Crippen LogP) is 2.21. The second-order valence-corrected chi connectivity index (χ2v) is 6.46. The number of hydrogen-bond acceptors (Lipinski definition) is 4. The fourth-order valence-corrected chi connectivity index (χ4v) is 3.94. The topological polar surface area (TPSA) is 72.8 Å². The van der Waals surface area contributed by atoms with Gasteiger partial charge in [0, 0.05) is 12.8 Å². The van der Waals surface area contributed by atoms with Gasteiger partial charge in [-0.15, -0.1) is 0 Å². The van der Waals surface area contributed by atoms with Crippen LogP contribution in [0.1, 0.15) is 30.9 Å². The van der Waals surface area contributed by atoms with E-state index >= 15 is 0 Å². The number of hydrogen-bond donors (Lipinski definition) is 1. The lowest BCUT2D eigenvalue weighted by atomic mass is 9.76. The van der Waals surface area contributed by atoms with Gasteiger partial charge in [-0.2, -0.15) is 0 Å². The van der Waals surface area contributed by atoms with Crippen LogP contribution in [0.4, 0.5) is 0 Å². The average molecular weight is 318 g/mol. The highest BCUT2D eigenvalue weighted by Crippen LogP contribution is 2.45. The van der Waals surface area contributed by atoms with Crippen molar-refractivity contribution in [1.82, 2.24) is 0 Å². The summed E-state index contributed by atoms with van der Waals surface area (Å²) in [5.74, 6) is -0.602. The Morgan fingerprint density at radius 3 is 2.48 bits per heavy atom. The number of ether oxygens (including phenoxy) is 2. The van der Waals surface area contributed by atoms with Crippen LogP contribution in [0.5, 0.6) is 0 Å². The molecule has 2 saturated heterocycles. The molecule has 2 bridgehead atoms. The van der Waals surface area contributed by atoms with E-state index in [4.69, 9.17) is 14.6 Å². The van der Waals surface area contributed by atoms with Crippen LogP contribution in [0.25, 0.3) is 0 Å². The minimum atomic E-state index is -0.821. The van der Waals surface area contributed by atoms with Crippen molar-refractivity contribution >= 4 is 11.9 Å². The second-order valence-electron chi connectivity index (χ2n) is 6.46. The van der Waals surface area contributed by atoms with E-state index in [0.717, 1.165) is 30.4 Å². The number of carboxylic acids is 1. The molecular formula is C18H22O5. The van der Waals surface area contributed by atoms with Crippen LogP contribution in [0.2, 0.25) is 0 Å². The lowest BCUT2D eigenvalue weighted by Crippen LogP contribution is -2.33. The number of carboxylic acid groups (broad SMARTS) is 1. The Morgan fingerprint density at radius 1 is 1.17 bits per heavy atom. The molecule has 3 rings (SSSR count). The van der Waals surface area contributed by atoms with Gasteiger partial charge in [-0.05, 0) is 36.3 Å². The van der Waals surface area contributed by atoms with Crippen LogP contribution in [-0.2, 0) is 31.9 Å². The quantitative estimate of drug-likeness (QED) is 0.814. The summed E-state index contributed by atoms with van der Waals surface area (Å²) in [6.45, 7) is 1.81. The van der Waals surface area contributed by atoms with Gasteiger partial charge in [0.2, 0.25) is 0 Å². The Kier molecular flexibility index (Phi) is 4.66. The normalized spacial score (nSPS) is 28.7. The third-order valence-corrected chi connectivity index (χ3v) is 4.99. The number of fused-ring (bicyclic) bond motifs is 2. The van der Waals surface area contributed by atoms with Crippen LogP contribution < -0.4 is 0 Å². The van der Waals surface area contributed by atoms with Crippen molar-refractivity contribution in [2.24, 2.45) is 11.8 Å². The van der Waals surface area contributed by atoms with Crippen molar-refractivity contribution < 1.29 is 24.2 Å². The van der Waals surface area contributed by atoms with E-state index in [1.807, 2.05) is 24.3 Å². The van der Waals surface area contributed by atoms with E-state index in [0.29, 0.717) is 6.61 Å². The van der Waals surface area contributed by atoms with Crippen molar-refractivity contribution in [2.75, 3.05) is 6.61 Å². The Labute approximate surface area is 135 Å². The number of carbonyl (C=O) groups is 2. The van der Waals surface area contributed by atoms with Crippen LogP contribution in [-0.4, -0.2) is 35.9 Å². The Morgan fingerprint density at radius 2 is 1.83 bits per heavy atom. The fraction of sp³-hybridized carbons (Fsp3) is 0.556. The molecule has 23 heavy (non-hydrogen) atoms. The van der Waals surface area contributed by atoms with E-state index in [1.165, 1.54) is 6.92 Å². The number of aliphatic carboxylic acids is 1. The van der Waals surface area contributed by atoms with Gasteiger partial charge in [-0.1, -0.05) is 24.3 Å².